The van der Waals surface area contributed by atoms with Crippen molar-refractivity contribution in [3.63, 3.8) is 0 Å². The van der Waals surface area contributed by atoms with Crippen molar-refractivity contribution in [2.75, 3.05) is 6.61 Å². The Morgan fingerprint density at radius 2 is 1.27 bits per heavy atom. The van der Waals surface area contributed by atoms with Crippen LogP contribution in [0.5, 0.6) is 0 Å². The second-order valence-corrected chi connectivity index (χ2v) is 7.85. The van der Waals surface area contributed by atoms with Crippen LogP contribution in [0.3, 0.4) is 0 Å². The number of hydrogen-bond acceptors (Lipinski definition) is 3. The zero-order valence-corrected chi connectivity index (χ0v) is 15.5. The average Bonchev–Trinajstić information content (AvgIpc) is 2.45. The molecule has 0 bridgehead atoms. The number of unbranched alkanes of at least 4 members (excludes halogenated alkanes) is 6. The molecule has 0 saturated carbocycles. The van der Waals surface area contributed by atoms with Gasteiger partial charge in [-0.15, -0.1) is 0 Å². The van der Waals surface area contributed by atoms with Crippen LogP contribution in [-0.4, -0.2) is 19.6 Å². The molecule has 0 amide bonds. The van der Waals surface area contributed by atoms with Crippen molar-refractivity contribution in [1.29, 1.82) is 0 Å². The topological polar surface area (TPSA) is 63.6 Å². The minimum atomic E-state index is -4.28. The summed E-state index contributed by atoms with van der Waals surface area (Å²) in [6.45, 7) is 6.64. The van der Waals surface area contributed by atoms with Crippen LogP contribution < -0.4 is 0 Å². The van der Waals surface area contributed by atoms with Crippen molar-refractivity contribution < 1.29 is 17.2 Å². The molecule has 1 N–H and O–H groups in total. The molecule has 0 fully saturated rings. The average molecular weight is 337 g/mol. The van der Waals surface area contributed by atoms with E-state index in [0.29, 0.717) is 0 Å². The highest BCUT2D eigenvalue weighted by Crippen LogP contribution is 2.17. The van der Waals surface area contributed by atoms with Crippen LogP contribution in [0.1, 0.15) is 91.4 Å². The van der Waals surface area contributed by atoms with E-state index in [9.17, 15) is 8.42 Å². The van der Waals surface area contributed by atoms with Gasteiger partial charge in [0.25, 0.3) is 0 Å². The third-order valence-corrected chi connectivity index (χ3v) is 4.63. The molecule has 2 unspecified atom stereocenters. The maximum absolute atomic E-state index is 10.5. The van der Waals surface area contributed by atoms with Gasteiger partial charge < -0.3 is 0 Å². The molecule has 0 aliphatic heterocycles. The second kappa shape index (κ2) is 13.3. The first kappa shape index (κ1) is 21.9. The van der Waals surface area contributed by atoms with Gasteiger partial charge in [0, 0.05) is 0 Å². The van der Waals surface area contributed by atoms with Crippen molar-refractivity contribution in [2.45, 2.75) is 91.4 Å². The molecule has 0 aliphatic rings. The van der Waals surface area contributed by atoms with E-state index in [1.54, 1.807) is 0 Å². The molecular formula is C17H36O4S. The SMILES string of the molecule is CCCCC(C)CCCCCCCCC(C)COS(=O)(=O)O. The summed E-state index contributed by atoms with van der Waals surface area (Å²) >= 11 is 0. The molecule has 0 rings (SSSR count). The molecule has 0 aromatic heterocycles. The van der Waals surface area contributed by atoms with Crippen LogP contribution in [0, 0.1) is 11.8 Å². The van der Waals surface area contributed by atoms with E-state index in [-0.39, 0.29) is 12.5 Å². The molecule has 134 valence electrons. The summed E-state index contributed by atoms with van der Waals surface area (Å²) < 4.78 is 33.8. The van der Waals surface area contributed by atoms with E-state index in [1.165, 1.54) is 57.8 Å². The molecule has 0 aromatic carbocycles. The molecule has 0 saturated heterocycles. The smallest absolute Gasteiger partial charge is 0.264 e. The molecule has 0 aromatic rings. The van der Waals surface area contributed by atoms with Crippen molar-refractivity contribution >= 4 is 10.4 Å². The maximum atomic E-state index is 10.5. The molecule has 0 aliphatic carbocycles. The third kappa shape index (κ3) is 16.2. The normalized spacial score (nSPS) is 14.9. The highest BCUT2D eigenvalue weighted by molar-refractivity contribution is 7.80. The van der Waals surface area contributed by atoms with Gasteiger partial charge in [-0.3, -0.25) is 4.55 Å². The fourth-order valence-electron chi connectivity index (χ4n) is 2.68. The monoisotopic (exact) mass is 336 g/mol. The Balaban J connectivity index is 3.33. The van der Waals surface area contributed by atoms with Crippen LogP contribution in [-0.2, 0) is 14.6 Å². The first-order chi connectivity index (χ1) is 10.3. The van der Waals surface area contributed by atoms with Gasteiger partial charge in [0.1, 0.15) is 0 Å². The van der Waals surface area contributed by atoms with E-state index >= 15 is 0 Å². The predicted octanol–water partition coefficient (Wildman–Crippen LogP) is 5.39. The lowest BCUT2D eigenvalue weighted by molar-refractivity contribution is 0.222. The van der Waals surface area contributed by atoms with E-state index in [1.807, 2.05) is 6.92 Å². The van der Waals surface area contributed by atoms with Gasteiger partial charge >= 0.3 is 10.4 Å². The van der Waals surface area contributed by atoms with Gasteiger partial charge in [-0.25, -0.2) is 4.18 Å². The van der Waals surface area contributed by atoms with Gasteiger partial charge in [-0.2, -0.15) is 8.42 Å². The Labute approximate surface area is 138 Å². The lowest BCUT2D eigenvalue weighted by Gasteiger charge is -2.11. The largest absolute Gasteiger partial charge is 0.397 e. The molecule has 2 atom stereocenters. The minimum absolute atomic E-state index is 0.0779. The Morgan fingerprint density at radius 1 is 0.818 bits per heavy atom. The van der Waals surface area contributed by atoms with Crippen molar-refractivity contribution in [1.82, 2.24) is 0 Å². The van der Waals surface area contributed by atoms with Gasteiger partial charge in [-0.05, 0) is 18.3 Å². The lowest BCUT2D eigenvalue weighted by atomic mass is 9.96. The van der Waals surface area contributed by atoms with E-state index in [2.05, 4.69) is 18.0 Å². The van der Waals surface area contributed by atoms with Gasteiger partial charge in [0.15, 0.2) is 0 Å². The fraction of sp³-hybridized carbons (Fsp3) is 1.00. The van der Waals surface area contributed by atoms with Crippen molar-refractivity contribution in [3.8, 4) is 0 Å². The summed E-state index contributed by atoms with van der Waals surface area (Å²) in [4.78, 5) is 0. The zero-order chi connectivity index (χ0) is 16.8. The third-order valence-electron chi connectivity index (χ3n) is 4.20. The van der Waals surface area contributed by atoms with Gasteiger partial charge in [-0.1, -0.05) is 85.0 Å². The van der Waals surface area contributed by atoms with E-state index in [0.717, 1.165) is 18.8 Å². The predicted molar refractivity (Wildman–Crippen MR) is 92.3 cm³/mol. The first-order valence-corrected chi connectivity index (χ1v) is 10.3. The van der Waals surface area contributed by atoms with Crippen LogP contribution in [0.15, 0.2) is 0 Å². The highest BCUT2D eigenvalue weighted by Gasteiger charge is 2.09. The fourth-order valence-corrected chi connectivity index (χ4v) is 3.08. The van der Waals surface area contributed by atoms with Crippen molar-refractivity contribution in [2.24, 2.45) is 11.8 Å². The number of rotatable bonds is 15. The van der Waals surface area contributed by atoms with Crippen molar-refractivity contribution in [3.05, 3.63) is 0 Å². The highest BCUT2D eigenvalue weighted by atomic mass is 32.3. The summed E-state index contributed by atoms with van der Waals surface area (Å²) in [5.74, 6) is 1.05. The minimum Gasteiger partial charge on any atom is -0.264 e. The van der Waals surface area contributed by atoms with Gasteiger partial charge in [0.05, 0.1) is 6.61 Å². The van der Waals surface area contributed by atoms with Gasteiger partial charge in [0.2, 0.25) is 0 Å². The molecule has 0 heterocycles. The summed E-state index contributed by atoms with van der Waals surface area (Å²) in [5, 5.41) is 0. The molecule has 5 heteroatoms. The molecule has 4 nitrogen and oxygen atoms in total. The summed E-state index contributed by atoms with van der Waals surface area (Å²) in [7, 11) is -4.28. The lowest BCUT2D eigenvalue weighted by Crippen LogP contribution is -2.11. The van der Waals surface area contributed by atoms with Crippen LogP contribution in [0.4, 0.5) is 0 Å². The van der Waals surface area contributed by atoms with E-state index in [4.69, 9.17) is 4.55 Å². The Hall–Kier alpha value is -0.130. The Kier molecular flexibility index (Phi) is 13.2. The Morgan fingerprint density at radius 3 is 1.77 bits per heavy atom. The molecule has 22 heavy (non-hydrogen) atoms. The Bertz CT molecular complexity index is 341. The van der Waals surface area contributed by atoms with Crippen LogP contribution >= 0.6 is 0 Å². The zero-order valence-electron chi connectivity index (χ0n) is 14.7. The molecule has 0 spiro atoms. The first-order valence-electron chi connectivity index (χ1n) is 8.97. The number of hydrogen-bond donors (Lipinski definition) is 1. The summed E-state index contributed by atoms with van der Waals surface area (Å²) in [5.41, 5.74) is 0. The van der Waals surface area contributed by atoms with Crippen LogP contribution in [0.2, 0.25) is 0 Å². The summed E-state index contributed by atoms with van der Waals surface area (Å²) in [6, 6.07) is 0. The maximum Gasteiger partial charge on any atom is 0.397 e. The summed E-state index contributed by atoms with van der Waals surface area (Å²) in [6.07, 6.45) is 13.9. The second-order valence-electron chi connectivity index (χ2n) is 6.76. The van der Waals surface area contributed by atoms with Crippen LogP contribution in [0.25, 0.3) is 0 Å². The molecular weight excluding hydrogens is 300 g/mol. The molecule has 0 radical (unpaired) electrons. The quantitative estimate of drug-likeness (QED) is 0.322. The van der Waals surface area contributed by atoms with E-state index < -0.39 is 10.4 Å². The standard InChI is InChI=1S/C17H36O4S/c1-4-5-12-16(2)13-10-8-6-7-9-11-14-17(3)15-21-22(18,19)20/h16-17H,4-15H2,1-3H3,(H,18,19,20).